The van der Waals surface area contributed by atoms with Crippen molar-refractivity contribution in [2.45, 2.75) is 20.8 Å². The summed E-state index contributed by atoms with van der Waals surface area (Å²) in [6.07, 6.45) is 0. The van der Waals surface area contributed by atoms with Crippen LogP contribution in [-0.2, 0) is 0 Å². The largest absolute Gasteiger partial charge is 0.351 e. The fourth-order valence-electron chi connectivity index (χ4n) is 2.53. The summed E-state index contributed by atoms with van der Waals surface area (Å²) >= 11 is 0. The van der Waals surface area contributed by atoms with E-state index in [0.717, 1.165) is 18.7 Å². The van der Waals surface area contributed by atoms with Crippen molar-refractivity contribution in [3.8, 4) is 0 Å². The monoisotopic (exact) mass is 338 g/mol. The Bertz CT molecular complexity index is 635. The Labute approximate surface area is 139 Å². The molecule has 1 amide bonds. The smallest absolute Gasteiger partial charge is 0.279 e. The predicted octanol–water partition coefficient (Wildman–Crippen LogP) is 2.13. The van der Waals surface area contributed by atoms with Crippen LogP contribution in [0.15, 0.2) is 12.1 Å². The molecular formula is C15H22N4O5. The van der Waals surface area contributed by atoms with Crippen LogP contribution in [0.5, 0.6) is 0 Å². The first kappa shape index (κ1) is 19.5. The second-order valence-electron chi connectivity index (χ2n) is 6.74. The molecule has 0 unspecified atom stereocenters. The molecule has 0 aromatic heterocycles. The third-order valence-electron chi connectivity index (χ3n) is 3.48. The van der Waals surface area contributed by atoms with Gasteiger partial charge in [0, 0.05) is 25.2 Å². The normalized spacial score (nSPS) is 11.4. The molecule has 1 N–H and O–H groups in total. The third-order valence-corrected chi connectivity index (χ3v) is 3.48. The predicted molar refractivity (Wildman–Crippen MR) is 89.2 cm³/mol. The number of hydrogen-bond acceptors (Lipinski definition) is 6. The van der Waals surface area contributed by atoms with Crippen LogP contribution in [0.2, 0.25) is 0 Å². The maximum Gasteiger partial charge on any atom is 0.279 e. The molecule has 24 heavy (non-hydrogen) atoms. The van der Waals surface area contributed by atoms with Gasteiger partial charge in [-0.3, -0.25) is 25.0 Å². The first-order valence-corrected chi connectivity index (χ1v) is 7.31. The summed E-state index contributed by atoms with van der Waals surface area (Å²) in [6.45, 7) is 6.28. The van der Waals surface area contributed by atoms with Gasteiger partial charge in [0.05, 0.1) is 15.4 Å². The molecule has 0 heterocycles. The lowest BCUT2D eigenvalue weighted by Gasteiger charge is -2.28. The van der Waals surface area contributed by atoms with Crippen molar-refractivity contribution >= 4 is 17.3 Å². The van der Waals surface area contributed by atoms with Gasteiger partial charge >= 0.3 is 0 Å². The molecule has 0 fully saturated rings. The molecule has 132 valence electrons. The van der Waals surface area contributed by atoms with Crippen molar-refractivity contribution in [1.82, 2.24) is 10.2 Å². The minimum absolute atomic E-state index is 0.0745. The number of nitrogens with one attached hydrogen (secondary N) is 1. The maximum absolute atomic E-state index is 12.3. The van der Waals surface area contributed by atoms with Crippen LogP contribution in [0, 0.1) is 32.6 Å². The van der Waals surface area contributed by atoms with Crippen molar-refractivity contribution in [2.75, 3.05) is 27.2 Å². The Morgan fingerprint density at radius 1 is 1.17 bits per heavy atom. The Hall–Kier alpha value is -2.55. The van der Waals surface area contributed by atoms with E-state index in [4.69, 9.17) is 0 Å². The van der Waals surface area contributed by atoms with Gasteiger partial charge in [0.25, 0.3) is 17.3 Å². The van der Waals surface area contributed by atoms with Gasteiger partial charge in [0.15, 0.2) is 0 Å². The molecule has 0 aliphatic carbocycles. The zero-order valence-electron chi connectivity index (χ0n) is 14.5. The molecule has 1 aromatic carbocycles. The van der Waals surface area contributed by atoms with Crippen LogP contribution >= 0.6 is 0 Å². The van der Waals surface area contributed by atoms with E-state index in [1.54, 1.807) is 0 Å². The van der Waals surface area contributed by atoms with Gasteiger partial charge in [-0.2, -0.15) is 0 Å². The lowest BCUT2D eigenvalue weighted by atomic mass is 9.93. The molecule has 0 spiro atoms. The summed E-state index contributed by atoms with van der Waals surface area (Å²) in [4.78, 5) is 34.9. The molecular weight excluding hydrogens is 316 g/mol. The molecule has 9 heteroatoms. The van der Waals surface area contributed by atoms with Crippen LogP contribution in [0.25, 0.3) is 0 Å². The Balaban J connectivity index is 3.07. The molecule has 0 aliphatic rings. The first-order valence-electron chi connectivity index (χ1n) is 7.31. The topological polar surface area (TPSA) is 119 Å². The van der Waals surface area contributed by atoms with Crippen LogP contribution in [0.3, 0.4) is 0 Å². The lowest BCUT2D eigenvalue weighted by molar-refractivity contribution is -0.395. The van der Waals surface area contributed by atoms with Crippen molar-refractivity contribution in [2.24, 2.45) is 5.41 Å². The van der Waals surface area contributed by atoms with Crippen molar-refractivity contribution in [3.63, 3.8) is 0 Å². The number of nitrogens with zero attached hydrogens (tertiary/aromatic N) is 3. The quantitative estimate of drug-likeness (QED) is 0.601. The van der Waals surface area contributed by atoms with Gasteiger partial charge in [0.2, 0.25) is 0 Å². The van der Waals surface area contributed by atoms with Gasteiger partial charge < -0.3 is 10.2 Å². The van der Waals surface area contributed by atoms with Gasteiger partial charge in [-0.1, -0.05) is 13.8 Å². The van der Waals surface area contributed by atoms with Crippen molar-refractivity contribution in [3.05, 3.63) is 43.5 Å². The zero-order valence-corrected chi connectivity index (χ0v) is 14.5. The van der Waals surface area contributed by atoms with E-state index in [-0.39, 0.29) is 16.5 Å². The second kappa shape index (κ2) is 7.35. The van der Waals surface area contributed by atoms with Crippen molar-refractivity contribution < 1.29 is 14.6 Å². The summed E-state index contributed by atoms with van der Waals surface area (Å²) in [7, 11) is 3.83. The Morgan fingerprint density at radius 3 is 2.00 bits per heavy atom. The van der Waals surface area contributed by atoms with Crippen LogP contribution in [-0.4, -0.2) is 47.8 Å². The summed E-state index contributed by atoms with van der Waals surface area (Å²) in [6, 6.07) is 2.13. The highest BCUT2D eigenvalue weighted by atomic mass is 16.6. The molecule has 1 aromatic rings. The number of carbonyl (C=O) groups is 1. The van der Waals surface area contributed by atoms with Crippen LogP contribution < -0.4 is 5.32 Å². The maximum atomic E-state index is 12.3. The van der Waals surface area contributed by atoms with E-state index in [1.165, 1.54) is 6.92 Å². The number of nitro groups is 2. The first-order chi connectivity index (χ1) is 10.9. The number of nitro benzene ring substituents is 2. The van der Waals surface area contributed by atoms with E-state index >= 15 is 0 Å². The average Bonchev–Trinajstić information content (AvgIpc) is 2.43. The highest BCUT2D eigenvalue weighted by Gasteiger charge is 2.26. The van der Waals surface area contributed by atoms with Crippen LogP contribution in [0.4, 0.5) is 11.4 Å². The highest BCUT2D eigenvalue weighted by Crippen LogP contribution is 2.29. The van der Waals surface area contributed by atoms with Gasteiger partial charge in [0.1, 0.15) is 5.56 Å². The molecule has 0 aliphatic heterocycles. The number of rotatable bonds is 7. The number of hydrogen-bond donors (Lipinski definition) is 1. The van der Waals surface area contributed by atoms with Gasteiger partial charge in [-0.25, -0.2) is 0 Å². The third kappa shape index (κ3) is 4.98. The summed E-state index contributed by atoms with van der Waals surface area (Å²) in [5, 5.41) is 24.8. The minimum Gasteiger partial charge on any atom is -0.351 e. The molecule has 0 radical (unpaired) electrons. The fraction of sp³-hybridized carbons (Fsp3) is 0.533. The second-order valence-corrected chi connectivity index (χ2v) is 6.74. The van der Waals surface area contributed by atoms with Gasteiger partial charge in [-0.15, -0.1) is 0 Å². The number of benzene rings is 1. The number of carbonyl (C=O) groups excluding carboxylic acids is 1. The van der Waals surface area contributed by atoms with E-state index in [0.29, 0.717) is 6.54 Å². The Morgan fingerprint density at radius 2 is 1.62 bits per heavy atom. The fourth-order valence-corrected chi connectivity index (χ4v) is 2.53. The van der Waals surface area contributed by atoms with E-state index in [9.17, 15) is 25.0 Å². The van der Waals surface area contributed by atoms with E-state index in [2.05, 4.69) is 5.32 Å². The van der Waals surface area contributed by atoms with Crippen molar-refractivity contribution in [1.29, 1.82) is 0 Å². The summed E-state index contributed by atoms with van der Waals surface area (Å²) in [5.74, 6) is -0.576. The molecule has 9 nitrogen and oxygen atoms in total. The minimum atomic E-state index is -0.727. The number of amides is 1. The highest BCUT2D eigenvalue weighted by molar-refractivity contribution is 5.96. The average molecular weight is 338 g/mol. The van der Waals surface area contributed by atoms with E-state index < -0.39 is 27.1 Å². The Kier molecular flexibility index (Phi) is 5.97. The van der Waals surface area contributed by atoms with E-state index in [1.807, 2.05) is 32.8 Å². The summed E-state index contributed by atoms with van der Waals surface area (Å²) < 4.78 is 0. The summed E-state index contributed by atoms with van der Waals surface area (Å²) in [5.41, 5.74) is -1.28. The van der Waals surface area contributed by atoms with Gasteiger partial charge in [-0.05, 0) is 26.4 Å². The lowest BCUT2D eigenvalue weighted by Crippen LogP contribution is -2.40. The SMILES string of the molecule is Cc1c([N+](=O)[O-])cc(C(=O)NCC(C)(C)CN(C)C)cc1[N+](=O)[O-]. The standard InChI is InChI=1S/C15H22N4O5/c1-10-12(18(21)22)6-11(7-13(10)19(23)24)14(20)16-8-15(2,3)9-17(4)5/h6-7H,8-9H2,1-5H3,(H,16,20). The zero-order chi connectivity index (χ0) is 18.7. The van der Waals surface area contributed by atoms with Crippen LogP contribution in [0.1, 0.15) is 29.8 Å². The molecule has 0 saturated heterocycles. The molecule has 0 bridgehead atoms. The molecule has 0 atom stereocenters. The molecule has 0 saturated carbocycles. The molecule has 1 rings (SSSR count).